The van der Waals surface area contributed by atoms with Gasteiger partial charge in [0.1, 0.15) is 11.3 Å². The highest BCUT2D eigenvalue weighted by molar-refractivity contribution is 6.31. The van der Waals surface area contributed by atoms with E-state index in [0.717, 1.165) is 30.6 Å². The molecular formula is C21H27N3O4. The molecule has 0 bridgehead atoms. The molecule has 7 heteroatoms. The zero-order valence-corrected chi connectivity index (χ0v) is 17.0. The lowest BCUT2D eigenvalue weighted by Gasteiger charge is -2.47. The van der Waals surface area contributed by atoms with Crippen molar-refractivity contribution in [1.82, 2.24) is 10.6 Å². The minimum absolute atomic E-state index is 0.0247. The van der Waals surface area contributed by atoms with Crippen LogP contribution >= 0.6 is 0 Å². The first-order valence-electron chi connectivity index (χ1n) is 9.56. The first-order valence-corrected chi connectivity index (χ1v) is 9.56. The second-order valence-corrected chi connectivity index (χ2v) is 8.02. The van der Waals surface area contributed by atoms with Gasteiger partial charge in [0.05, 0.1) is 7.11 Å². The highest BCUT2D eigenvalue weighted by Gasteiger charge is 2.37. The van der Waals surface area contributed by atoms with Gasteiger partial charge in [0.15, 0.2) is 0 Å². The van der Waals surface area contributed by atoms with Gasteiger partial charge >= 0.3 is 6.03 Å². The Morgan fingerprint density at radius 1 is 1.21 bits per heavy atom. The molecule has 3 rings (SSSR count). The fourth-order valence-corrected chi connectivity index (χ4v) is 4.23. The van der Waals surface area contributed by atoms with Crippen LogP contribution in [0.25, 0.3) is 6.08 Å². The number of nitrogens with zero attached hydrogens (tertiary/aromatic N) is 1. The van der Waals surface area contributed by atoms with E-state index in [9.17, 15) is 14.4 Å². The molecule has 2 aliphatic rings. The number of carbonyl (C=O) groups excluding carboxylic acids is 3. The summed E-state index contributed by atoms with van der Waals surface area (Å²) in [5, 5.41) is 4.19. The molecule has 0 saturated carbocycles. The number of carbonyl (C=O) groups is 3. The second-order valence-electron chi connectivity index (χ2n) is 8.02. The van der Waals surface area contributed by atoms with Crippen LogP contribution < -0.4 is 20.3 Å². The number of fused-ring (bicyclic) bond motifs is 1. The Morgan fingerprint density at radius 3 is 2.43 bits per heavy atom. The molecule has 1 aromatic carbocycles. The standard InChI is InChI=1S/C21H27N3O4/c1-6-7-24-16-10-17(28-5)13(8-14(16)12(2)11-21(24,3)4)9-15-18(25)22-20(27)23-19(15)26/h8-10,12H,6-7,11H2,1-5H3,(H2,22,23,25,26,27). The monoisotopic (exact) mass is 385 g/mol. The Bertz CT molecular complexity index is 851. The molecule has 2 heterocycles. The van der Waals surface area contributed by atoms with Gasteiger partial charge in [0, 0.05) is 29.4 Å². The van der Waals surface area contributed by atoms with E-state index in [1.54, 1.807) is 7.11 Å². The minimum atomic E-state index is -0.810. The van der Waals surface area contributed by atoms with E-state index >= 15 is 0 Å². The summed E-state index contributed by atoms with van der Waals surface area (Å²) in [5.41, 5.74) is 2.83. The van der Waals surface area contributed by atoms with Gasteiger partial charge in [-0.15, -0.1) is 0 Å². The van der Waals surface area contributed by atoms with Gasteiger partial charge in [-0.05, 0) is 50.3 Å². The summed E-state index contributed by atoms with van der Waals surface area (Å²) < 4.78 is 5.57. The maximum absolute atomic E-state index is 12.1. The molecule has 2 N–H and O–H groups in total. The molecule has 150 valence electrons. The molecule has 0 aromatic heterocycles. The van der Waals surface area contributed by atoms with Crippen LogP contribution in [-0.2, 0) is 9.59 Å². The Kier molecular flexibility index (Phi) is 5.19. The van der Waals surface area contributed by atoms with Crippen LogP contribution in [0.5, 0.6) is 5.75 Å². The fourth-order valence-electron chi connectivity index (χ4n) is 4.23. The van der Waals surface area contributed by atoms with E-state index in [2.05, 4.69) is 43.2 Å². The third-order valence-corrected chi connectivity index (χ3v) is 5.43. The number of hydrogen-bond donors (Lipinski definition) is 2. The maximum atomic E-state index is 12.1. The lowest BCUT2D eigenvalue weighted by molar-refractivity contribution is -0.123. The van der Waals surface area contributed by atoms with E-state index in [0.29, 0.717) is 17.2 Å². The highest BCUT2D eigenvalue weighted by Crippen LogP contribution is 2.46. The Balaban J connectivity index is 2.12. The maximum Gasteiger partial charge on any atom is 0.328 e. The molecule has 4 amide bonds. The highest BCUT2D eigenvalue weighted by atomic mass is 16.5. The van der Waals surface area contributed by atoms with Crippen molar-refractivity contribution >= 4 is 29.6 Å². The molecule has 2 aliphatic heterocycles. The lowest BCUT2D eigenvalue weighted by atomic mass is 9.79. The molecule has 1 atom stereocenters. The lowest BCUT2D eigenvalue weighted by Crippen LogP contribution is -2.51. The number of benzene rings is 1. The predicted molar refractivity (Wildman–Crippen MR) is 107 cm³/mol. The molecule has 0 aliphatic carbocycles. The van der Waals surface area contributed by atoms with Gasteiger partial charge in [-0.3, -0.25) is 20.2 Å². The van der Waals surface area contributed by atoms with Crippen molar-refractivity contribution in [2.24, 2.45) is 0 Å². The van der Waals surface area contributed by atoms with Gasteiger partial charge < -0.3 is 9.64 Å². The molecule has 1 fully saturated rings. The van der Waals surface area contributed by atoms with Gasteiger partial charge in [0.2, 0.25) is 0 Å². The fraction of sp³-hybridized carbons (Fsp3) is 0.476. The number of amides is 4. The number of hydrogen-bond acceptors (Lipinski definition) is 5. The summed E-state index contributed by atoms with van der Waals surface area (Å²) in [7, 11) is 1.57. The third kappa shape index (κ3) is 3.48. The van der Waals surface area contributed by atoms with Crippen LogP contribution in [0.4, 0.5) is 10.5 Å². The molecule has 7 nitrogen and oxygen atoms in total. The molecule has 1 saturated heterocycles. The molecule has 28 heavy (non-hydrogen) atoms. The number of imide groups is 2. The summed E-state index contributed by atoms with van der Waals surface area (Å²) in [6.45, 7) is 9.77. The van der Waals surface area contributed by atoms with Crippen molar-refractivity contribution in [3.05, 3.63) is 28.8 Å². The topological polar surface area (TPSA) is 87.7 Å². The van der Waals surface area contributed by atoms with Crippen molar-refractivity contribution in [1.29, 1.82) is 0 Å². The third-order valence-electron chi connectivity index (χ3n) is 5.43. The number of ether oxygens (including phenoxy) is 1. The van der Waals surface area contributed by atoms with E-state index < -0.39 is 17.8 Å². The van der Waals surface area contributed by atoms with Crippen molar-refractivity contribution in [3.8, 4) is 5.75 Å². The van der Waals surface area contributed by atoms with Gasteiger partial charge in [-0.1, -0.05) is 13.8 Å². The van der Waals surface area contributed by atoms with Crippen LogP contribution in [0, 0.1) is 0 Å². The van der Waals surface area contributed by atoms with Crippen LogP contribution in [0.15, 0.2) is 17.7 Å². The SMILES string of the molecule is CCCN1c2cc(OC)c(C=C3C(=O)NC(=O)NC3=O)cc2C(C)CC1(C)C. The van der Waals surface area contributed by atoms with Crippen molar-refractivity contribution in [2.45, 2.75) is 52.0 Å². The molecule has 0 spiro atoms. The van der Waals surface area contributed by atoms with E-state index in [4.69, 9.17) is 4.74 Å². The van der Waals surface area contributed by atoms with Crippen LogP contribution in [0.2, 0.25) is 0 Å². The van der Waals surface area contributed by atoms with E-state index in [1.807, 2.05) is 12.1 Å². The number of urea groups is 1. The van der Waals surface area contributed by atoms with Crippen molar-refractivity contribution < 1.29 is 19.1 Å². The second kappa shape index (κ2) is 7.30. The van der Waals surface area contributed by atoms with Crippen LogP contribution in [0.3, 0.4) is 0 Å². The average Bonchev–Trinajstić information content (AvgIpc) is 2.60. The summed E-state index contributed by atoms with van der Waals surface area (Å²) >= 11 is 0. The Labute approximate surface area is 165 Å². The molecule has 1 aromatic rings. The van der Waals surface area contributed by atoms with Gasteiger partial charge in [0.25, 0.3) is 11.8 Å². The zero-order valence-electron chi connectivity index (χ0n) is 17.0. The largest absolute Gasteiger partial charge is 0.496 e. The summed E-state index contributed by atoms with van der Waals surface area (Å²) in [6.07, 6.45) is 3.50. The van der Waals surface area contributed by atoms with E-state index in [1.165, 1.54) is 6.08 Å². The Hall–Kier alpha value is -2.83. The number of methoxy groups -OCH3 is 1. The predicted octanol–water partition coefficient (Wildman–Crippen LogP) is 2.95. The molecular weight excluding hydrogens is 358 g/mol. The number of barbiturate groups is 1. The molecule has 1 unspecified atom stereocenters. The number of anilines is 1. The van der Waals surface area contributed by atoms with Crippen LogP contribution in [0.1, 0.15) is 57.6 Å². The Morgan fingerprint density at radius 2 is 1.86 bits per heavy atom. The van der Waals surface area contributed by atoms with Gasteiger partial charge in [-0.25, -0.2) is 4.79 Å². The summed E-state index contributed by atoms with van der Waals surface area (Å²) in [4.78, 5) is 37.8. The summed E-state index contributed by atoms with van der Waals surface area (Å²) in [6, 6.07) is 3.16. The summed E-state index contributed by atoms with van der Waals surface area (Å²) in [5.74, 6) is -0.530. The minimum Gasteiger partial charge on any atom is -0.496 e. The average molecular weight is 385 g/mol. The first-order chi connectivity index (χ1) is 13.2. The van der Waals surface area contributed by atoms with Crippen LogP contribution in [-0.4, -0.2) is 37.0 Å². The van der Waals surface area contributed by atoms with Crippen molar-refractivity contribution in [2.75, 3.05) is 18.6 Å². The van der Waals surface area contributed by atoms with E-state index in [-0.39, 0.29) is 11.1 Å². The molecule has 0 radical (unpaired) electrons. The van der Waals surface area contributed by atoms with Crippen molar-refractivity contribution in [3.63, 3.8) is 0 Å². The van der Waals surface area contributed by atoms with Gasteiger partial charge in [-0.2, -0.15) is 0 Å². The smallest absolute Gasteiger partial charge is 0.328 e. The number of nitrogens with one attached hydrogen (secondary N) is 2. The number of rotatable bonds is 4. The zero-order chi connectivity index (χ0) is 20.6. The normalized spacial score (nSPS) is 21.0. The first kappa shape index (κ1) is 19.9. The quantitative estimate of drug-likeness (QED) is 0.615.